The summed E-state index contributed by atoms with van der Waals surface area (Å²) in [6, 6.07) is 0.532. The lowest BCUT2D eigenvalue weighted by Gasteiger charge is -2.43. The predicted molar refractivity (Wildman–Crippen MR) is 85.2 cm³/mol. The van der Waals surface area contributed by atoms with Crippen molar-refractivity contribution in [2.45, 2.75) is 84.0 Å². The average molecular weight is 295 g/mol. The molecule has 4 unspecified atom stereocenters. The Balaban J connectivity index is 1.46. The van der Waals surface area contributed by atoms with Crippen molar-refractivity contribution in [1.29, 1.82) is 0 Å². The van der Waals surface area contributed by atoms with E-state index in [1.54, 1.807) is 0 Å². The fourth-order valence-corrected chi connectivity index (χ4v) is 5.43. The zero-order valence-corrected chi connectivity index (χ0v) is 14.0. The number of fused-ring (bicyclic) bond motifs is 2. The molecule has 0 heterocycles. The minimum absolute atomic E-state index is 0.360. The van der Waals surface area contributed by atoms with Gasteiger partial charge in [0.15, 0.2) is 0 Å². The van der Waals surface area contributed by atoms with Crippen LogP contribution in [0.4, 0.5) is 0 Å². The molecule has 3 saturated carbocycles. The van der Waals surface area contributed by atoms with Crippen molar-refractivity contribution in [2.75, 3.05) is 13.2 Å². The van der Waals surface area contributed by atoms with Gasteiger partial charge in [-0.2, -0.15) is 0 Å². The Kier molecular flexibility index (Phi) is 4.37. The second-order valence-electron chi connectivity index (χ2n) is 8.65. The summed E-state index contributed by atoms with van der Waals surface area (Å²) in [5.74, 6) is 0.854. The lowest BCUT2D eigenvalue weighted by atomic mass is 9.68. The molecule has 0 amide bonds. The lowest BCUT2D eigenvalue weighted by molar-refractivity contribution is -0.0108. The van der Waals surface area contributed by atoms with Crippen LogP contribution in [0.3, 0.4) is 0 Å². The second-order valence-corrected chi connectivity index (χ2v) is 8.65. The van der Waals surface area contributed by atoms with Gasteiger partial charge in [-0.3, -0.25) is 0 Å². The normalized spacial score (nSPS) is 40.0. The maximum atomic E-state index is 10.2. The fourth-order valence-electron chi connectivity index (χ4n) is 5.43. The number of rotatable bonds is 6. The Morgan fingerprint density at radius 3 is 2.52 bits per heavy atom. The maximum Gasteiger partial charge on any atom is 0.0897 e. The molecule has 21 heavy (non-hydrogen) atoms. The molecule has 3 heteroatoms. The Morgan fingerprint density at radius 2 is 1.90 bits per heavy atom. The Hall–Kier alpha value is -0.120. The minimum Gasteiger partial charge on any atom is -0.389 e. The van der Waals surface area contributed by atoms with Gasteiger partial charge in [0.05, 0.1) is 18.8 Å². The molecule has 2 bridgehead atoms. The van der Waals surface area contributed by atoms with E-state index in [0.29, 0.717) is 36.1 Å². The third-order valence-corrected chi connectivity index (χ3v) is 6.65. The molecule has 3 nitrogen and oxygen atoms in total. The van der Waals surface area contributed by atoms with E-state index in [2.05, 4.69) is 26.1 Å². The molecular weight excluding hydrogens is 262 g/mol. The van der Waals surface area contributed by atoms with Gasteiger partial charge >= 0.3 is 0 Å². The van der Waals surface area contributed by atoms with E-state index in [1.807, 2.05) is 0 Å². The number of nitrogens with one attached hydrogen (secondary N) is 1. The number of aliphatic hydroxyl groups is 1. The highest BCUT2D eigenvalue weighted by Gasteiger charge is 2.58. The number of ether oxygens (including phenoxy) is 1. The molecule has 0 aromatic heterocycles. The van der Waals surface area contributed by atoms with Gasteiger partial charge in [0, 0.05) is 12.6 Å². The minimum atomic E-state index is -0.371. The first-order chi connectivity index (χ1) is 9.92. The zero-order chi connectivity index (χ0) is 15.1. The summed E-state index contributed by atoms with van der Waals surface area (Å²) in [5, 5.41) is 13.9. The topological polar surface area (TPSA) is 41.5 Å². The Labute approximate surface area is 129 Å². The lowest BCUT2D eigenvalue weighted by Crippen LogP contribution is -2.52. The van der Waals surface area contributed by atoms with Gasteiger partial charge in [0.2, 0.25) is 0 Å². The molecule has 0 aliphatic heterocycles. The van der Waals surface area contributed by atoms with E-state index in [0.717, 1.165) is 5.92 Å². The van der Waals surface area contributed by atoms with E-state index in [-0.39, 0.29) is 6.10 Å². The van der Waals surface area contributed by atoms with Crippen LogP contribution in [0.1, 0.15) is 65.7 Å². The van der Waals surface area contributed by atoms with Crippen molar-refractivity contribution >= 4 is 0 Å². The van der Waals surface area contributed by atoms with E-state index in [1.165, 1.54) is 44.9 Å². The standard InChI is InChI=1S/C18H33NO2/c1-17(2)13-8-9-18(3,10-13)16(17)19-11-14(20)12-21-15-6-4-5-7-15/h13-16,19-20H,4-12H2,1-3H3. The number of hydrogen-bond acceptors (Lipinski definition) is 3. The van der Waals surface area contributed by atoms with Crippen molar-refractivity contribution in [1.82, 2.24) is 5.32 Å². The molecule has 0 saturated heterocycles. The van der Waals surface area contributed by atoms with Crippen LogP contribution in [0.15, 0.2) is 0 Å². The predicted octanol–water partition coefficient (Wildman–Crippen LogP) is 3.11. The van der Waals surface area contributed by atoms with Crippen LogP contribution in [-0.2, 0) is 4.74 Å². The van der Waals surface area contributed by atoms with Crippen LogP contribution in [0, 0.1) is 16.7 Å². The third-order valence-electron chi connectivity index (χ3n) is 6.65. The highest BCUT2D eigenvalue weighted by atomic mass is 16.5. The van der Waals surface area contributed by atoms with Gasteiger partial charge in [-0.05, 0) is 48.9 Å². The highest BCUT2D eigenvalue weighted by Crippen LogP contribution is 2.62. The molecule has 2 N–H and O–H groups in total. The van der Waals surface area contributed by atoms with Crippen LogP contribution in [-0.4, -0.2) is 36.5 Å². The smallest absolute Gasteiger partial charge is 0.0897 e. The number of hydrogen-bond donors (Lipinski definition) is 2. The molecule has 3 rings (SSSR count). The second kappa shape index (κ2) is 5.82. The van der Waals surface area contributed by atoms with E-state index >= 15 is 0 Å². The Morgan fingerprint density at radius 1 is 1.19 bits per heavy atom. The van der Waals surface area contributed by atoms with Crippen molar-refractivity contribution in [3.8, 4) is 0 Å². The fraction of sp³-hybridized carbons (Fsp3) is 1.00. The summed E-state index contributed by atoms with van der Waals surface area (Å²) in [6.45, 7) is 8.40. The van der Waals surface area contributed by atoms with Gasteiger partial charge in [-0.15, -0.1) is 0 Å². The van der Waals surface area contributed by atoms with Crippen LogP contribution in [0.2, 0.25) is 0 Å². The van der Waals surface area contributed by atoms with Crippen LogP contribution in [0.5, 0.6) is 0 Å². The van der Waals surface area contributed by atoms with E-state index < -0.39 is 0 Å². The monoisotopic (exact) mass is 295 g/mol. The van der Waals surface area contributed by atoms with Crippen molar-refractivity contribution in [2.24, 2.45) is 16.7 Å². The largest absolute Gasteiger partial charge is 0.389 e. The van der Waals surface area contributed by atoms with Crippen molar-refractivity contribution in [3.63, 3.8) is 0 Å². The Bertz CT molecular complexity index is 359. The van der Waals surface area contributed by atoms with Gasteiger partial charge in [0.25, 0.3) is 0 Å². The van der Waals surface area contributed by atoms with E-state index in [4.69, 9.17) is 4.74 Å². The molecule has 3 aliphatic carbocycles. The van der Waals surface area contributed by atoms with Crippen molar-refractivity contribution in [3.05, 3.63) is 0 Å². The summed E-state index contributed by atoms with van der Waals surface area (Å²) in [4.78, 5) is 0. The summed E-state index contributed by atoms with van der Waals surface area (Å²) < 4.78 is 5.83. The number of aliphatic hydroxyl groups excluding tert-OH is 1. The summed E-state index contributed by atoms with van der Waals surface area (Å²) in [7, 11) is 0. The van der Waals surface area contributed by atoms with Crippen LogP contribution in [0.25, 0.3) is 0 Å². The first-order valence-corrected chi connectivity index (χ1v) is 8.95. The molecule has 0 radical (unpaired) electrons. The maximum absolute atomic E-state index is 10.2. The molecule has 3 fully saturated rings. The molecule has 0 aromatic carbocycles. The summed E-state index contributed by atoms with van der Waals surface area (Å²) in [5.41, 5.74) is 0.791. The van der Waals surface area contributed by atoms with Crippen LogP contribution >= 0.6 is 0 Å². The summed E-state index contributed by atoms with van der Waals surface area (Å²) in [6.07, 6.45) is 9.03. The molecular formula is C18H33NO2. The first-order valence-electron chi connectivity index (χ1n) is 8.95. The molecule has 122 valence electrons. The van der Waals surface area contributed by atoms with E-state index in [9.17, 15) is 5.11 Å². The summed E-state index contributed by atoms with van der Waals surface area (Å²) >= 11 is 0. The third kappa shape index (κ3) is 3.02. The SMILES string of the molecule is CC12CCC(C1)C(C)(C)C2NCC(O)COC1CCCC1. The molecule has 0 spiro atoms. The molecule has 3 aliphatic rings. The molecule has 4 atom stereocenters. The van der Waals surface area contributed by atoms with Crippen LogP contribution < -0.4 is 5.32 Å². The van der Waals surface area contributed by atoms with Gasteiger partial charge in [-0.1, -0.05) is 33.6 Å². The highest BCUT2D eigenvalue weighted by molar-refractivity contribution is 5.12. The quantitative estimate of drug-likeness (QED) is 0.791. The average Bonchev–Trinajstić information content (AvgIpc) is 3.09. The van der Waals surface area contributed by atoms with Gasteiger partial charge in [-0.25, -0.2) is 0 Å². The first kappa shape index (κ1) is 15.8. The van der Waals surface area contributed by atoms with Gasteiger partial charge < -0.3 is 15.2 Å². The van der Waals surface area contributed by atoms with Crippen molar-refractivity contribution < 1.29 is 9.84 Å². The zero-order valence-electron chi connectivity index (χ0n) is 14.0. The molecule has 0 aromatic rings. The van der Waals surface area contributed by atoms with Gasteiger partial charge in [0.1, 0.15) is 0 Å².